The maximum atomic E-state index is 11.9. The van der Waals surface area contributed by atoms with Gasteiger partial charge in [-0.15, -0.1) is 18.5 Å². The van der Waals surface area contributed by atoms with Gasteiger partial charge in [0.25, 0.3) is 0 Å². The van der Waals surface area contributed by atoms with Gasteiger partial charge in [0.05, 0.1) is 0 Å². The van der Waals surface area contributed by atoms with Crippen LogP contribution in [-0.4, -0.2) is 11.8 Å². The van der Waals surface area contributed by atoms with E-state index in [1.165, 1.54) is 16.5 Å². The van der Waals surface area contributed by atoms with Crippen LogP contribution >= 0.6 is 18.5 Å². The third-order valence-corrected chi connectivity index (χ3v) is 5.75. The highest BCUT2D eigenvalue weighted by Gasteiger charge is 2.29. The molecule has 3 rings (SSSR count). The van der Waals surface area contributed by atoms with Crippen LogP contribution in [0.1, 0.15) is 43.2 Å². The first-order chi connectivity index (χ1) is 10.3. The standard InChI is InChI=1S/C17H20O3P2/c1-17(2,3)20-16(18)19-12-8-7-11-13-9(12)5-4-6-10(13)14(21)15(11)22/h4-8,14-15H,21-22H2,1-3H3. The Labute approximate surface area is 135 Å². The quantitative estimate of drug-likeness (QED) is 0.418. The van der Waals surface area contributed by atoms with Gasteiger partial charge in [-0.2, -0.15) is 0 Å². The molecule has 3 nitrogen and oxygen atoms in total. The SMILES string of the molecule is CC(C)(C)OC(=O)Oc1ccc2c3c(cccc13)C(P)C2P. The second-order valence-corrected chi connectivity index (χ2v) is 7.98. The van der Waals surface area contributed by atoms with Crippen molar-refractivity contribution >= 4 is 35.4 Å². The van der Waals surface area contributed by atoms with E-state index < -0.39 is 11.8 Å². The molecule has 0 heterocycles. The molecule has 4 unspecified atom stereocenters. The number of rotatable bonds is 1. The molecule has 0 aromatic heterocycles. The van der Waals surface area contributed by atoms with Gasteiger partial charge in [0.15, 0.2) is 0 Å². The molecule has 22 heavy (non-hydrogen) atoms. The Morgan fingerprint density at radius 3 is 2.32 bits per heavy atom. The van der Waals surface area contributed by atoms with Gasteiger partial charge in [-0.05, 0) is 43.4 Å². The van der Waals surface area contributed by atoms with Crippen LogP contribution in [0.15, 0.2) is 30.3 Å². The molecular weight excluding hydrogens is 314 g/mol. The Kier molecular flexibility index (Phi) is 3.91. The molecule has 2 aromatic rings. The Balaban J connectivity index is 2.02. The minimum absolute atomic E-state index is 0.362. The summed E-state index contributed by atoms with van der Waals surface area (Å²) in [6, 6.07) is 10.0. The summed E-state index contributed by atoms with van der Waals surface area (Å²) in [5.41, 5.74) is 2.70. The van der Waals surface area contributed by atoms with Crippen LogP contribution in [0.25, 0.3) is 10.8 Å². The largest absolute Gasteiger partial charge is 0.514 e. The molecule has 116 valence electrons. The molecule has 0 N–H and O–H groups in total. The summed E-state index contributed by atoms with van der Waals surface area (Å²) in [5, 5.41) is 2.14. The van der Waals surface area contributed by atoms with Gasteiger partial charge in [-0.3, -0.25) is 0 Å². The predicted molar refractivity (Wildman–Crippen MR) is 95.7 cm³/mol. The van der Waals surface area contributed by atoms with E-state index in [-0.39, 0.29) is 0 Å². The van der Waals surface area contributed by atoms with E-state index in [0.717, 1.165) is 5.39 Å². The summed E-state index contributed by atoms with van der Waals surface area (Å²) >= 11 is 0. The van der Waals surface area contributed by atoms with E-state index in [2.05, 4.69) is 24.5 Å². The first-order valence-electron chi connectivity index (χ1n) is 7.25. The van der Waals surface area contributed by atoms with Gasteiger partial charge in [-0.25, -0.2) is 4.79 Å². The first-order valence-corrected chi connectivity index (χ1v) is 8.59. The normalized spacial score (nSPS) is 20.2. The summed E-state index contributed by atoms with van der Waals surface area (Å²) in [4.78, 5) is 11.9. The average molecular weight is 334 g/mol. The third kappa shape index (κ3) is 2.73. The Hall–Kier alpha value is -1.17. The molecule has 1 aliphatic rings. The fourth-order valence-corrected chi connectivity index (χ4v) is 3.80. The second kappa shape index (κ2) is 5.48. The molecule has 0 radical (unpaired) electrons. The number of ether oxygens (including phenoxy) is 2. The molecule has 2 aromatic carbocycles. The molecular formula is C17H20O3P2. The number of benzene rings is 2. The molecule has 4 atom stereocenters. The summed E-state index contributed by atoms with van der Waals surface area (Å²) < 4.78 is 10.7. The van der Waals surface area contributed by atoms with Gasteiger partial charge < -0.3 is 9.47 Å². The van der Waals surface area contributed by atoms with E-state index in [1.807, 2.05) is 45.0 Å². The van der Waals surface area contributed by atoms with Crippen LogP contribution in [-0.2, 0) is 4.74 Å². The van der Waals surface area contributed by atoms with E-state index in [9.17, 15) is 4.79 Å². The van der Waals surface area contributed by atoms with Gasteiger partial charge >= 0.3 is 6.16 Å². The van der Waals surface area contributed by atoms with E-state index in [0.29, 0.717) is 17.1 Å². The van der Waals surface area contributed by atoms with E-state index in [1.54, 1.807) is 0 Å². The summed E-state index contributed by atoms with van der Waals surface area (Å²) in [6.07, 6.45) is -0.670. The van der Waals surface area contributed by atoms with Gasteiger partial charge in [0.2, 0.25) is 0 Å². The van der Waals surface area contributed by atoms with Crippen LogP contribution in [0.3, 0.4) is 0 Å². The van der Waals surface area contributed by atoms with E-state index >= 15 is 0 Å². The van der Waals surface area contributed by atoms with Gasteiger partial charge in [0.1, 0.15) is 11.4 Å². The minimum Gasteiger partial charge on any atom is -0.428 e. The highest BCUT2D eigenvalue weighted by Crippen LogP contribution is 2.54. The number of hydrogen-bond donors (Lipinski definition) is 0. The lowest BCUT2D eigenvalue weighted by Gasteiger charge is -2.19. The fourth-order valence-electron chi connectivity index (χ4n) is 2.83. The number of hydrogen-bond acceptors (Lipinski definition) is 3. The lowest BCUT2D eigenvalue weighted by Crippen LogP contribution is -2.26. The second-order valence-electron chi connectivity index (χ2n) is 6.54. The monoisotopic (exact) mass is 334 g/mol. The smallest absolute Gasteiger partial charge is 0.428 e. The average Bonchev–Trinajstić information content (AvgIpc) is 2.66. The molecule has 0 amide bonds. The topological polar surface area (TPSA) is 35.5 Å². The Morgan fingerprint density at radius 1 is 1.05 bits per heavy atom. The van der Waals surface area contributed by atoms with Crippen LogP contribution in [0.2, 0.25) is 0 Å². The van der Waals surface area contributed by atoms with Crippen LogP contribution < -0.4 is 4.74 Å². The minimum atomic E-state index is -0.670. The van der Waals surface area contributed by atoms with Crippen molar-refractivity contribution in [3.05, 3.63) is 41.5 Å². The van der Waals surface area contributed by atoms with Gasteiger partial charge in [0, 0.05) is 16.7 Å². The summed E-state index contributed by atoms with van der Waals surface area (Å²) in [7, 11) is 5.79. The van der Waals surface area contributed by atoms with E-state index in [4.69, 9.17) is 9.47 Å². The summed E-state index contributed by atoms with van der Waals surface area (Å²) in [6.45, 7) is 5.46. The molecule has 0 aliphatic heterocycles. The zero-order valence-corrected chi connectivity index (χ0v) is 15.2. The number of carbonyl (C=O) groups is 1. The van der Waals surface area contributed by atoms with Crippen molar-refractivity contribution in [3.8, 4) is 5.75 Å². The maximum Gasteiger partial charge on any atom is 0.514 e. The molecule has 0 bridgehead atoms. The lowest BCUT2D eigenvalue weighted by molar-refractivity contribution is 0.0209. The summed E-state index contributed by atoms with van der Waals surface area (Å²) in [5.74, 6) is 0.547. The van der Waals surface area contributed by atoms with Crippen molar-refractivity contribution in [2.45, 2.75) is 37.7 Å². The zero-order chi connectivity index (χ0) is 16.1. The van der Waals surface area contributed by atoms with Crippen molar-refractivity contribution in [1.29, 1.82) is 0 Å². The first kappa shape index (κ1) is 15.7. The highest BCUT2D eigenvalue weighted by atomic mass is 31.0. The molecule has 1 aliphatic carbocycles. The third-order valence-electron chi connectivity index (χ3n) is 3.75. The molecule has 0 fully saturated rings. The van der Waals surface area contributed by atoms with Crippen LogP contribution in [0.4, 0.5) is 4.79 Å². The Bertz CT molecular complexity index is 735. The van der Waals surface area contributed by atoms with Crippen molar-refractivity contribution < 1.29 is 14.3 Å². The van der Waals surface area contributed by atoms with Crippen molar-refractivity contribution in [1.82, 2.24) is 0 Å². The van der Waals surface area contributed by atoms with Crippen molar-refractivity contribution in [2.24, 2.45) is 0 Å². The molecule has 0 saturated carbocycles. The zero-order valence-electron chi connectivity index (χ0n) is 12.9. The lowest BCUT2D eigenvalue weighted by atomic mass is 10.0. The van der Waals surface area contributed by atoms with Crippen molar-refractivity contribution in [3.63, 3.8) is 0 Å². The molecule has 0 saturated heterocycles. The fraction of sp³-hybridized carbons (Fsp3) is 0.353. The van der Waals surface area contributed by atoms with Gasteiger partial charge in [-0.1, -0.05) is 24.3 Å². The van der Waals surface area contributed by atoms with Crippen molar-refractivity contribution in [2.75, 3.05) is 0 Å². The predicted octanol–water partition coefficient (Wildman–Crippen LogP) is 5.00. The Morgan fingerprint density at radius 2 is 1.68 bits per heavy atom. The maximum absolute atomic E-state index is 11.9. The molecule has 5 heteroatoms. The highest BCUT2D eigenvalue weighted by molar-refractivity contribution is 7.22. The van der Waals surface area contributed by atoms with Crippen LogP contribution in [0, 0.1) is 0 Å². The van der Waals surface area contributed by atoms with Crippen LogP contribution in [0.5, 0.6) is 5.75 Å². The number of carbonyl (C=O) groups excluding carboxylic acids is 1. The molecule has 0 spiro atoms.